The van der Waals surface area contributed by atoms with Crippen LogP contribution in [0.2, 0.25) is 0 Å². The molecule has 2 aromatic rings. The van der Waals surface area contributed by atoms with Crippen molar-refractivity contribution < 1.29 is 8.42 Å². The predicted molar refractivity (Wildman–Crippen MR) is 78.3 cm³/mol. The van der Waals surface area contributed by atoms with E-state index >= 15 is 0 Å². The lowest BCUT2D eigenvalue weighted by atomic mass is 10.3. The van der Waals surface area contributed by atoms with Crippen LogP contribution in [0, 0.1) is 6.92 Å². The van der Waals surface area contributed by atoms with Gasteiger partial charge >= 0.3 is 0 Å². The number of aromatic nitrogens is 1. The van der Waals surface area contributed by atoms with Crippen LogP contribution in [-0.2, 0) is 10.0 Å². The van der Waals surface area contributed by atoms with Crippen molar-refractivity contribution in [1.82, 2.24) is 4.98 Å². The zero-order chi connectivity index (χ0) is 14.0. The number of nitrogens with one attached hydrogen (secondary N) is 1. The molecule has 0 spiro atoms. The first kappa shape index (κ1) is 13.8. The largest absolute Gasteiger partial charge is 0.399 e. The van der Waals surface area contributed by atoms with Crippen LogP contribution >= 0.6 is 15.9 Å². The molecule has 0 fully saturated rings. The lowest BCUT2D eigenvalue weighted by Gasteiger charge is -2.10. The van der Waals surface area contributed by atoms with Gasteiger partial charge in [-0.3, -0.25) is 4.72 Å². The van der Waals surface area contributed by atoms with Crippen LogP contribution in [0.25, 0.3) is 0 Å². The van der Waals surface area contributed by atoms with E-state index in [1.165, 1.54) is 18.3 Å². The van der Waals surface area contributed by atoms with Gasteiger partial charge in [-0.1, -0.05) is 6.07 Å². The number of nitrogen functional groups attached to an aromatic ring is 1. The molecule has 0 aliphatic heterocycles. The van der Waals surface area contributed by atoms with E-state index in [1.807, 2.05) is 0 Å². The second-order valence-electron chi connectivity index (χ2n) is 3.96. The van der Waals surface area contributed by atoms with E-state index in [9.17, 15) is 8.42 Å². The number of anilines is 2. The number of nitrogens with two attached hydrogens (primary N) is 1. The molecule has 100 valence electrons. The maximum absolute atomic E-state index is 12.3. The number of pyridine rings is 1. The van der Waals surface area contributed by atoms with Crippen LogP contribution in [0.1, 0.15) is 5.56 Å². The molecule has 0 saturated carbocycles. The standard InChI is InChI=1S/C12H12BrN3O2S/c1-8-3-2-6-15-12(8)16-19(17,18)11-5-4-9(14)7-10(11)13/h2-7H,14H2,1H3,(H,15,16). The summed E-state index contributed by atoms with van der Waals surface area (Å²) in [5, 5.41) is 0. The number of sulfonamides is 1. The van der Waals surface area contributed by atoms with Gasteiger partial charge < -0.3 is 5.73 Å². The Kier molecular flexibility index (Phi) is 3.77. The van der Waals surface area contributed by atoms with Gasteiger partial charge in [-0.2, -0.15) is 0 Å². The molecule has 0 saturated heterocycles. The molecule has 0 aliphatic rings. The lowest BCUT2D eigenvalue weighted by molar-refractivity contribution is 0.600. The van der Waals surface area contributed by atoms with E-state index in [1.54, 1.807) is 25.1 Å². The molecule has 1 aromatic carbocycles. The summed E-state index contributed by atoms with van der Waals surface area (Å²) in [6, 6.07) is 8.04. The van der Waals surface area contributed by atoms with Crippen molar-refractivity contribution in [2.75, 3.05) is 10.5 Å². The Balaban J connectivity index is 2.41. The van der Waals surface area contributed by atoms with E-state index < -0.39 is 10.0 Å². The third-order valence-corrected chi connectivity index (χ3v) is 4.80. The summed E-state index contributed by atoms with van der Waals surface area (Å²) in [5.41, 5.74) is 6.82. The first-order valence-electron chi connectivity index (χ1n) is 5.39. The Bertz CT molecular complexity index is 717. The van der Waals surface area contributed by atoms with E-state index in [-0.39, 0.29) is 4.90 Å². The highest BCUT2D eigenvalue weighted by Gasteiger charge is 2.19. The number of aryl methyl sites for hydroxylation is 1. The van der Waals surface area contributed by atoms with E-state index in [0.717, 1.165) is 5.56 Å². The second kappa shape index (κ2) is 5.18. The summed E-state index contributed by atoms with van der Waals surface area (Å²) in [4.78, 5) is 4.12. The SMILES string of the molecule is Cc1cccnc1NS(=O)(=O)c1ccc(N)cc1Br. The third-order valence-electron chi connectivity index (χ3n) is 2.49. The number of benzene rings is 1. The minimum absolute atomic E-state index is 0.117. The van der Waals surface area contributed by atoms with Crippen LogP contribution in [0.4, 0.5) is 11.5 Å². The van der Waals surface area contributed by atoms with Gasteiger partial charge in [0.2, 0.25) is 0 Å². The summed E-state index contributed by atoms with van der Waals surface area (Å²) in [6.45, 7) is 1.78. The lowest BCUT2D eigenvalue weighted by Crippen LogP contribution is -2.15. The van der Waals surface area contributed by atoms with E-state index in [0.29, 0.717) is 16.0 Å². The van der Waals surface area contributed by atoms with Gasteiger partial charge in [0, 0.05) is 16.4 Å². The van der Waals surface area contributed by atoms with Gasteiger partial charge in [-0.25, -0.2) is 13.4 Å². The summed E-state index contributed by atoms with van der Waals surface area (Å²) in [7, 11) is -3.70. The zero-order valence-electron chi connectivity index (χ0n) is 10.1. The summed E-state index contributed by atoms with van der Waals surface area (Å²) < 4.78 is 27.4. The molecule has 0 atom stereocenters. The minimum Gasteiger partial charge on any atom is -0.399 e. The van der Waals surface area contributed by atoms with E-state index in [2.05, 4.69) is 25.6 Å². The Hall–Kier alpha value is -1.60. The van der Waals surface area contributed by atoms with Gasteiger partial charge in [0.25, 0.3) is 10.0 Å². The van der Waals surface area contributed by atoms with Crippen LogP contribution in [-0.4, -0.2) is 13.4 Å². The Morgan fingerprint density at radius 3 is 2.68 bits per heavy atom. The van der Waals surface area contributed by atoms with Crippen LogP contribution in [0.3, 0.4) is 0 Å². The molecule has 0 bridgehead atoms. The molecule has 0 unspecified atom stereocenters. The third kappa shape index (κ3) is 3.05. The summed E-state index contributed by atoms with van der Waals surface area (Å²) >= 11 is 3.20. The number of nitrogens with zero attached hydrogens (tertiary/aromatic N) is 1. The van der Waals surface area contributed by atoms with Gasteiger partial charge in [0.1, 0.15) is 10.7 Å². The monoisotopic (exact) mass is 341 g/mol. The minimum atomic E-state index is -3.70. The van der Waals surface area contributed by atoms with Crippen LogP contribution in [0.15, 0.2) is 45.9 Å². The molecular formula is C12H12BrN3O2S. The van der Waals surface area contributed by atoms with Crippen LogP contribution in [0.5, 0.6) is 0 Å². The van der Waals surface area contributed by atoms with E-state index in [4.69, 9.17) is 5.73 Å². The predicted octanol–water partition coefficient (Wildman–Crippen LogP) is 2.54. The molecule has 1 heterocycles. The summed E-state index contributed by atoms with van der Waals surface area (Å²) in [6.07, 6.45) is 1.53. The van der Waals surface area contributed by atoms with Gasteiger partial charge in [0.05, 0.1) is 0 Å². The fourth-order valence-electron chi connectivity index (χ4n) is 1.51. The summed E-state index contributed by atoms with van der Waals surface area (Å²) in [5.74, 6) is 0.311. The maximum Gasteiger partial charge on any atom is 0.264 e. The smallest absolute Gasteiger partial charge is 0.264 e. The van der Waals surface area contributed by atoms with Crippen molar-refractivity contribution in [2.45, 2.75) is 11.8 Å². The number of hydrogen-bond donors (Lipinski definition) is 2. The highest BCUT2D eigenvalue weighted by Crippen LogP contribution is 2.26. The number of halogens is 1. The first-order chi connectivity index (χ1) is 8.90. The molecule has 1 aromatic heterocycles. The molecule has 7 heteroatoms. The van der Waals surface area contributed by atoms with Crippen molar-refractivity contribution in [3.63, 3.8) is 0 Å². The highest BCUT2D eigenvalue weighted by atomic mass is 79.9. The Morgan fingerprint density at radius 2 is 2.05 bits per heavy atom. The Morgan fingerprint density at radius 1 is 1.32 bits per heavy atom. The van der Waals surface area contributed by atoms with Gasteiger partial charge in [0.15, 0.2) is 0 Å². The molecule has 0 aliphatic carbocycles. The second-order valence-corrected chi connectivity index (χ2v) is 6.47. The molecule has 0 amide bonds. The quantitative estimate of drug-likeness (QED) is 0.840. The highest BCUT2D eigenvalue weighted by molar-refractivity contribution is 9.10. The molecule has 2 rings (SSSR count). The van der Waals surface area contributed by atoms with Gasteiger partial charge in [-0.15, -0.1) is 0 Å². The van der Waals surface area contributed by atoms with Crippen molar-refractivity contribution >= 4 is 37.5 Å². The maximum atomic E-state index is 12.3. The first-order valence-corrected chi connectivity index (χ1v) is 7.67. The fourth-order valence-corrected chi connectivity index (χ4v) is 3.69. The molecule has 5 nitrogen and oxygen atoms in total. The number of hydrogen-bond acceptors (Lipinski definition) is 4. The average Bonchev–Trinajstić information content (AvgIpc) is 2.31. The Labute approximate surface area is 120 Å². The normalized spacial score (nSPS) is 11.3. The molecule has 3 N–H and O–H groups in total. The van der Waals surface area contributed by atoms with Crippen molar-refractivity contribution in [2.24, 2.45) is 0 Å². The molecule has 0 radical (unpaired) electrons. The number of rotatable bonds is 3. The molecule has 19 heavy (non-hydrogen) atoms. The van der Waals surface area contributed by atoms with Crippen molar-refractivity contribution in [3.05, 3.63) is 46.6 Å². The zero-order valence-corrected chi connectivity index (χ0v) is 12.5. The van der Waals surface area contributed by atoms with Gasteiger partial charge in [-0.05, 0) is 52.7 Å². The fraction of sp³-hybridized carbons (Fsp3) is 0.0833. The van der Waals surface area contributed by atoms with Crippen molar-refractivity contribution in [3.8, 4) is 0 Å². The topological polar surface area (TPSA) is 85.1 Å². The van der Waals surface area contributed by atoms with Crippen LogP contribution < -0.4 is 10.5 Å². The van der Waals surface area contributed by atoms with Crippen molar-refractivity contribution in [1.29, 1.82) is 0 Å². The average molecular weight is 342 g/mol. The molecular weight excluding hydrogens is 330 g/mol.